The van der Waals surface area contributed by atoms with Gasteiger partial charge in [-0.05, 0) is 6.07 Å². The van der Waals surface area contributed by atoms with Gasteiger partial charge in [0.2, 0.25) is 0 Å². The highest BCUT2D eigenvalue weighted by molar-refractivity contribution is 5.71. The van der Waals surface area contributed by atoms with Crippen LogP contribution in [-0.4, -0.2) is 41.1 Å². The van der Waals surface area contributed by atoms with Gasteiger partial charge in [0.1, 0.15) is 5.75 Å². The van der Waals surface area contributed by atoms with Crippen molar-refractivity contribution in [3.63, 3.8) is 0 Å². The summed E-state index contributed by atoms with van der Waals surface area (Å²) >= 11 is 0. The van der Waals surface area contributed by atoms with E-state index in [2.05, 4.69) is 0 Å². The second-order valence-corrected chi connectivity index (χ2v) is 4.48. The second-order valence-electron chi connectivity index (χ2n) is 4.48. The Morgan fingerprint density at radius 3 is 2.79 bits per heavy atom. The Morgan fingerprint density at radius 2 is 2.26 bits per heavy atom. The predicted octanol–water partition coefficient (Wildman–Crippen LogP) is 1.12. The predicted molar refractivity (Wildman–Crippen MR) is 66.1 cm³/mol. The van der Waals surface area contributed by atoms with E-state index < -0.39 is 10.9 Å². The molecule has 0 spiro atoms. The summed E-state index contributed by atoms with van der Waals surface area (Å²) < 4.78 is 5.16. The molecule has 0 aliphatic carbocycles. The van der Waals surface area contributed by atoms with E-state index in [-0.39, 0.29) is 11.6 Å². The van der Waals surface area contributed by atoms with Gasteiger partial charge in [-0.15, -0.1) is 0 Å². The molecule has 1 fully saturated rings. The summed E-state index contributed by atoms with van der Waals surface area (Å²) in [5.74, 6) is -0.573. The van der Waals surface area contributed by atoms with Crippen LogP contribution in [0.4, 0.5) is 5.69 Å². The van der Waals surface area contributed by atoms with E-state index in [1.54, 1.807) is 6.07 Å². The van der Waals surface area contributed by atoms with E-state index in [1.807, 2.05) is 4.90 Å². The molecule has 1 aromatic rings. The van der Waals surface area contributed by atoms with E-state index in [9.17, 15) is 14.9 Å². The van der Waals surface area contributed by atoms with Crippen LogP contribution in [0.5, 0.6) is 5.75 Å². The van der Waals surface area contributed by atoms with Crippen LogP contribution in [0.15, 0.2) is 18.2 Å². The van der Waals surface area contributed by atoms with Crippen LogP contribution >= 0.6 is 0 Å². The van der Waals surface area contributed by atoms with E-state index in [1.165, 1.54) is 19.2 Å². The van der Waals surface area contributed by atoms with E-state index in [4.69, 9.17) is 9.84 Å². The number of hydrogen-bond acceptors (Lipinski definition) is 5. The Morgan fingerprint density at radius 1 is 1.58 bits per heavy atom. The van der Waals surface area contributed by atoms with Crippen LogP contribution in [-0.2, 0) is 11.3 Å². The monoisotopic (exact) mass is 266 g/mol. The normalized spacial score (nSPS) is 15.8. The molecule has 0 unspecified atom stereocenters. The first-order valence-electron chi connectivity index (χ1n) is 5.77. The third kappa shape index (κ3) is 2.82. The van der Waals surface area contributed by atoms with Gasteiger partial charge in [-0.3, -0.25) is 19.8 Å². The number of carboxylic acids is 1. The second kappa shape index (κ2) is 5.23. The van der Waals surface area contributed by atoms with Gasteiger partial charge >= 0.3 is 5.97 Å². The molecule has 1 heterocycles. The molecule has 1 saturated heterocycles. The minimum atomic E-state index is -0.803. The summed E-state index contributed by atoms with van der Waals surface area (Å²) in [6.07, 6.45) is 0. The lowest BCUT2D eigenvalue weighted by Crippen LogP contribution is -2.49. The summed E-state index contributed by atoms with van der Waals surface area (Å²) in [7, 11) is 1.50. The van der Waals surface area contributed by atoms with Crippen molar-refractivity contribution < 1.29 is 19.6 Å². The number of carboxylic acid groups (broad SMARTS) is 1. The first-order chi connectivity index (χ1) is 9.01. The molecule has 0 amide bonds. The maximum absolute atomic E-state index is 10.7. The minimum Gasteiger partial charge on any atom is -0.496 e. The molecular weight excluding hydrogens is 252 g/mol. The number of nitrogens with zero attached hydrogens (tertiary/aromatic N) is 2. The third-order valence-electron chi connectivity index (χ3n) is 3.18. The summed E-state index contributed by atoms with van der Waals surface area (Å²) in [6.45, 7) is 1.37. The molecule has 0 radical (unpaired) electrons. The molecule has 0 saturated carbocycles. The number of rotatable bonds is 5. The van der Waals surface area contributed by atoms with Crippen molar-refractivity contribution in [1.29, 1.82) is 0 Å². The molecule has 0 bridgehead atoms. The van der Waals surface area contributed by atoms with Gasteiger partial charge < -0.3 is 9.84 Å². The molecule has 102 valence electrons. The lowest BCUT2D eigenvalue weighted by Gasteiger charge is -2.36. The fraction of sp³-hybridized carbons (Fsp3) is 0.417. The molecule has 2 rings (SSSR count). The number of non-ortho nitro benzene ring substituents is 1. The van der Waals surface area contributed by atoms with E-state index in [0.717, 1.165) is 0 Å². The first kappa shape index (κ1) is 13.3. The number of hydrogen-bond donors (Lipinski definition) is 1. The molecule has 0 atom stereocenters. The topological polar surface area (TPSA) is 92.9 Å². The van der Waals surface area contributed by atoms with Gasteiger partial charge in [0.25, 0.3) is 5.69 Å². The molecule has 7 heteroatoms. The van der Waals surface area contributed by atoms with E-state index >= 15 is 0 Å². The summed E-state index contributed by atoms with van der Waals surface area (Å²) in [5, 5.41) is 19.5. The SMILES string of the molecule is COc1ccc([N+](=O)[O-])cc1CN1CC(C(=O)O)C1. The van der Waals surface area contributed by atoms with Crippen molar-refractivity contribution in [1.82, 2.24) is 4.90 Å². The fourth-order valence-corrected chi connectivity index (χ4v) is 2.10. The molecule has 0 aromatic heterocycles. The fourth-order valence-electron chi connectivity index (χ4n) is 2.10. The maximum Gasteiger partial charge on any atom is 0.309 e. The highest BCUT2D eigenvalue weighted by Crippen LogP contribution is 2.27. The van der Waals surface area contributed by atoms with Crippen LogP contribution in [0, 0.1) is 16.0 Å². The number of likely N-dealkylation sites (tertiary alicyclic amines) is 1. The molecule has 19 heavy (non-hydrogen) atoms. The molecule has 1 aromatic carbocycles. The maximum atomic E-state index is 10.7. The lowest BCUT2D eigenvalue weighted by molar-refractivity contribution is -0.385. The van der Waals surface area contributed by atoms with Crippen molar-refractivity contribution in [2.75, 3.05) is 20.2 Å². The Labute approximate surface area is 109 Å². The average Bonchev–Trinajstić information content (AvgIpc) is 2.32. The first-order valence-corrected chi connectivity index (χ1v) is 5.77. The highest BCUT2D eigenvalue weighted by atomic mass is 16.6. The molecule has 1 aliphatic heterocycles. The zero-order chi connectivity index (χ0) is 14.0. The van der Waals surface area contributed by atoms with Gasteiger partial charge in [0, 0.05) is 37.3 Å². The number of nitro groups is 1. The zero-order valence-corrected chi connectivity index (χ0v) is 10.4. The van der Waals surface area contributed by atoms with Crippen molar-refractivity contribution in [3.8, 4) is 5.75 Å². The average molecular weight is 266 g/mol. The Kier molecular flexibility index (Phi) is 3.66. The van der Waals surface area contributed by atoms with E-state index in [0.29, 0.717) is 30.9 Å². The Bertz CT molecular complexity index is 511. The summed E-state index contributed by atoms with van der Waals surface area (Å²) in [4.78, 5) is 22.9. The van der Waals surface area contributed by atoms with Gasteiger partial charge in [0.15, 0.2) is 0 Å². The number of methoxy groups -OCH3 is 1. The van der Waals surface area contributed by atoms with Crippen molar-refractivity contribution in [2.24, 2.45) is 5.92 Å². The largest absolute Gasteiger partial charge is 0.496 e. The van der Waals surface area contributed by atoms with Crippen molar-refractivity contribution in [2.45, 2.75) is 6.54 Å². The molecule has 1 aliphatic rings. The van der Waals surface area contributed by atoms with Gasteiger partial charge in [0.05, 0.1) is 18.0 Å². The quantitative estimate of drug-likeness (QED) is 0.634. The number of benzene rings is 1. The Balaban J connectivity index is 2.09. The standard InChI is InChI=1S/C12H14N2O5/c1-19-11-3-2-10(14(17)18)4-8(11)5-13-6-9(7-13)12(15)16/h2-4,9H,5-7H2,1H3,(H,15,16). The molecular formula is C12H14N2O5. The minimum absolute atomic E-state index is 0.00566. The van der Waals surface area contributed by atoms with Crippen molar-refractivity contribution in [3.05, 3.63) is 33.9 Å². The van der Waals surface area contributed by atoms with Gasteiger partial charge in [-0.1, -0.05) is 0 Å². The van der Waals surface area contributed by atoms with Crippen LogP contribution < -0.4 is 4.74 Å². The smallest absolute Gasteiger partial charge is 0.309 e. The third-order valence-corrected chi connectivity index (χ3v) is 3.18. The number of carbonyl (C=O) groups is 1. The van der Waals surface area contributed by atoms with Crippen LogP contribution in [0.3, 0.4) is 0 Å². The molecule has 7 nitrogen and oxygen atoms in total. The lowest BCUT2D eigenvalue weighted by atomic mass is 9.99. The van der Waals surface area contributed by atoms with Crippen molar-refractivity contribution >= 4 is 11.7 Å². The van der Waals surface area contributed by atoms with Crippen LogP contribution in [0.2, 0.25) is 0 Å². The molecule has 1 N–H and O–H groups in total. The number of ether oxygens (including phenoxy) is 1. The Hall–Kier alpha value is -2.15. The van der Waals surface area contributed by atoms with Crippen LogP contribution in [0.25, 0.3) is 0 Å². The summed E-state index contributed by atoms with van der Waals surface area (Å²) in [6, 6.07) is 4.41. The zero-order valence-electron chi connectivity index (χ0n) is 10.4. The number of nitro benzene ring substituents is 1. The van der Waals surface area contributed by atoms with Gasteiger partial charge in [-0.25, -0.2) is 0 Å². The van der Waals surface area contributed by atoms with Crippen LogP contribution in [0.1, 0.15) is 5.56 Å². The number of aliphatic carboxylic acids is 1. The summed E-state index contributed by atoms with van der Waals surface area (Å²) in [5.41, 5.74) is 0.701. The van der Waals surface area contributed by atoms with Gasteiger partial charge in [-0.2, -0.15) is 0 Å². The highest BCUT2D eigenvalue weighted by Gasteiger charge is 2.32.